The first-order valence-corrected chi connectivity index (χ1v) is 8.23. The highest BCUT2D eigenvalue weighted by Gasteiger charge is 2.32. The van der Waals surface area contributed by atoms with Crippen LogP contribution in [0.3, 0.4) is 0 Å². The largest absolute Gasteiger partial charge is 0.476 e. The molecule has 0 heterocycles. The van der Waals surface area contributed by atoms with Gasteiger partial charge in [0.05, 0.1) is 0 Å². The van der Waals surface area contributed by atoms with Gasteiger partial charge in [0.25, 0.3) is 5.91 Å². The molecule has 0 saturated heterocycles. The number of nitrogens with one attached hydrogen (secondary N) is 1. The van der Waals surface area contributed by atoms with E-state index in [2.05, 4.69) is 5.32 Å². The number of amides is 1. The molecule has 5 nitrogen and oxygen atoms in total. The summed E-state index contributed by atoms with van der Waals surface area (Å²) in [4.78, 5) is 24.2. The first-order chi connectivity index (χ1) is 12.2. The van der Waals surface area contributed by atoms with Crippen molar-refractivity contribution in [3.05, 3.63) is 58.9 Å². The maximum Gasteiger partial charge on any atom is 0.350 e. The van der Waals surface area contributed by atoms with E-state index >= 15 is 0 Å². The van der Waals surface area contributed by atoms with Gasteiger partial charge in [-0.25, -0.2) is 9.18 Å². The quantitative estimate of drug-likeness (QED) is 0.766. The van der Waals surface area contributed by atoms with Crippen molar-refractivity contribution in [1.82, 2.24) is 0 Å². The van der Waals surface area contributed by atoms with Crippen molar-refractivity contribution in [2.45, 2.75) is 26.4 Å². The van der Waals surface area contributed by atoms with E-state index in [-0.39, 0.29) is 0 Å². The number of halogens is 2. The third kappa shape index (κ3) is 5.20. The van der Waals surface area contributed by atoms with Gasteiger partial charge in [0.1, 0.15) is 11.6 Å². The van der Waals surface area contributed by atoms with Crippen LogP contribution in [0.2, 0.25) is 5.02 Å². The van der Waals surface area contributed by atoms with Crippen LogP contribution in [0.4, 0.5) is 10.1 Å². The Morgan fingerprint density at radius 2 is 1.81 bits per heavy atom. The molecule has 0 atom stereocenters. The normalized spacial score (nSPS) is 11.0. The molecule has 0 aliphatic heterocycles. The molecular weight excluding hydrogens is 361 g/mol. The lowest BCUT2D eigenvalue weighted by Gasteiger charge is -2.24. The van der Waals surface area contributed by atoms with Gasteiger partial charge in [-0.3, -0.25) is 4.79 Å². The Bertz CT molecular complexity index is 806. The molecule has 0 aliphatic rings. The van der Waals surface area contributed by atoms with E-state index < -0.39 is 29.9 Å². The lowest BCUT2D eigenvalue weighted by molar-refractivity contribution is -0.161. The van der Waals surface area contributed by atoms with E-state index in [0.717, 1.165) is 0 Å². The summed E-state index contributed by atoms with van der Waals surface area (Å²) >= 11 is 5.99. The maximum absolute atomic E-state index is 12.9. The average Bonchev–Trinajstić information content (AvgIpc) is 2.58. The van der Waals surface area contributed by atoms with Gasteiger partial charge in [0, 0.05) is 10.7 Å². The molecule has 0 saturated carbocycles. The maximum atomic E-state index is 12.9. The van der Waals surface area contributed by atoms with Crippen LogP contribution in [0.1, 0.15) is 19.4 Å². The second kappa shape index (κ2) is 8.19. The highest BCUT2D eigenvalue weighted by molar-refractivity contribution is 6.31. The Labute approximate surface area is 156 Å². The van der Waals surface area contributed by atoms with E-state index in [1.807, 2.05) is 0 Å². The van der Waals surface area contributed by atoms with Crippen molar-refractivity contribution in [3.8, 4) is 5.75 Å². The monoisotopic (exact) mass is 379 g/mol. The van der Waals surface area contributed by atoms with Gasteiger partial charge in [-0.15, -0.1) is 0 Å². The highest BCUT2D eigenvalue weighted by Crippen LogP contribution is 2.23. The molecule has 26 heavy (non-hydrogen) atoms. The van der Waals surface area contributed by atoms with E-state index in [1.165, 1.54) is 38.1 Å². The predicted molar refractivity (Wildman–Crippen MR) is 96.9 cm³/mol. The molecule has 0 spiro atoms. The van der Waals surface area contributed by atoms with Gasteiger partial charge in [0.2, 0.25) is 0 Å². The van der Waals surface area contributed by atoms with E-state index in [1.54, 1.807) is 25.1 Å². The fourth-order valence-electron chi connectivity index (χ4n) is 2.07. The molecule has 1 amide bonds. The molecule has 1 N–H and O–H groups in total. The molecule has 0 aliphatic carbocycles. The van der Waals surface area contributed by atoms with E-state index in [0.29, 0.717) is 22.0 Å². The number of esters is 1. The summed E-state index contributed by atoms with van der Waals surface area (Å²) in [5, 5.41) is 3.15. The molecule has 0 unspecified atom stereocenters. The molecule has 0 radical (unpaired) electrons. The minimum atomic E-state index is -1.34. The Morgan fingerprint density at radius 3 is 2.46 bits per heavy atom. The minimum absolute atomic E-state index is 0.312. The molecule has 0 fully saturated rings. The van der Waals surface area contributed by atoms with Crippen LogP contribution >= 0.6 is 11.6 Å². The molecule has 0 aromatic heterocycles. The van der Waals surface area contributed by atoms with Crippen LogP contribution in [0.5, 0.6) is 5.75 Å². The summed E-state index contributed by atoms with van der Waals surface area (Å²) in [7, 11) is 0. The van der Waals surface area contributed by atoms with E-state index in [4.69, 9.17) is 21.1 Å². The Balaban J connectivity index is 1.91. The van der Waals surface area contributed by atoms with Crippen molar-refractivity contribution in [1.29, 1.82) is 0 Å². The summed E-state index contributed by atoms with van der Waals surface area (Å²) in [5.41, 5.74) is -0.0847. The Hall–Kier alpha value is -2.60. The van der Waals surface area contributed by atoms with Gasteiger partial charge in [-0.1, -0.05) is 17.7 Å². The number of ether oxygens (including phenoxy) is 2. The number of rotatable bonds is 6. The Morgan fingerprint density at radius 1 is 1.15 bits per heavy atom. The van der Waals surface area contributed by atoms with Gasteiger partial charge < -0.3 is 14.8 Å². The van der Waals surface area contributed by atoms with Crippen LogP contribution in [-0.2, 0) is 14.3 Å². The second-order valence-electron chi connectivity index (χ2n) is 6.10. The fraction of sp³-hybridized carbons (Fsp3) is 0.263. The second-order valence-corrected chi connectivity index (χ2v) is 6.51. The molecular formula is C19H19ClFNO4. The average molecular weight is 380 g/mol. The zero-order valence-electron chi connectivity index (χ0n) is 14.6. The topological polar surface area (TPSA) is 64.6 Å². The molecule has 2 aromatic carbocycles. The van der Waals surface area contributed by atoms with Gasteiger partial charge >= 0.3 is 5.97 Å². The third-order valence-electron chi connectivity index (χ3n) is 3.55. The summed E-state index contributed by atoms with van der Waals surface area (Å²) in [6.45, 7) is 4.29. The van der Waals surface area contributed by atoms with Gasteiger partial charge in [-0.05, 0) is 62.7 Å². The number of anilines is 1. The molecule has 138 valence electrons. The van der Waals surface area contributed by atoms with Crippen LogP contribution < -0.4 is 10.1 Å². The first kappa shape index (κ1) is 19.7. The van der Waals surface area contributed by atoms with Gasteiger partial charge in [0.15, 0.2) is 12.2 Å². The fourth-order valence-corrected chi connectivity index (χ4v) is 2.25. The number of carbonyl (C=O) groups excluding carboxylic acids is 2. The smallest absolute Gasteiger partial charge is 0.350 e. The minimum Gasteiger partial charge on any atom is -0.476 e. The highest BCUT2D eigenvalue weighted by atomic mass is 35.5. The lowest BCUT2D eigenvalue weighted by Crippen LogP contribution is -2.41. The van der Waals surface area contributed by atoms with Crippen molar-refractivity contribution < 1.29 is 23.5 Å². The van der Waals surface area contributed by atoms with E-state index in [9.17, 15) is 14.0 Å². The zero-order chi connectivity index (χ0) is 19.3. The molecule has 2 rings (SSSR count). The number of carbonyl (C=O) groups is 2. The zero-order valence-corrected chi connectivity index (χ0v) is 15.4. The number of hydrogen-bond acceptors (Lipinski definition) is 4. The standard InChI is InChI=1S/C19H19ClFNO4/c1-12-15(20)5-4-6-16(12)22-17(23)11-25-18(24)19(2,3)26-14-9-7-13(21)8-10-14/h4-10H,11H2,1-3H3,(H,22,23). The van der Waals surface area contributed by atoms with Crippen LogP contribution in [0.15, 0.2) is 42.5 Å². The summed E-state index contributed by atoms with van der Waals surface area (Å²) < 4.78 is 23.5. The van der Waals surface area contributed by atoms with Crippen molar-refractivity contribution >= 4 is 29.2 Å². The van der Waals surface area contributed by atoms with Crippen LogP contribution in [-0.4, -0.2) is 24.1 Å². The first-order valence-electron chi connectivity index (χ1n) is 7.86. The third-order valence-corrected chi connectivity index (χ3v) is 3.96. The molecule has 7 heteroatoms. The summed E-state index contributed by atoms with van der Waals surface area (Å²) in [6.07, 6.45) is 0. The number of benzene rings is 2. The predicted octanol–water partition coefficient (Wildman–Crippen LogP) is 4.13. The van der Waals surface area contributed by atoms with Crippen molar-refractivity contribution in [2.75, 3.05) is 11.9 Å². The van der Waals surface area contributed by atoms with Crippen LogP contribution in [0, 0.1) is 12.7 Å². The van der Waals surface area contributed by atoms with Crippen molar-refractivity contribution in [2.24, 2.45) is 0 Å². The lowest BCUT2D eigenvalue weighted by atomic mass is 10.1. The number of hydrogen-bond donors (Lipinski definition) is 1. The Kier molecular flexibility index (Phi) is 6.21. The van der Waals surface area contributed by atoms with Crippen molar-refractivity contribution in [3.63, 3.8) is 0 Å². The summed E-state index contributed by atoms with van der Waals surface area (Å²) in [5.74, 6) is -1.32. The SMILES string of the molecule is Cc1c(Cl)cccc1NC(=O)COC(=O)C(C)(C)Oc1ccc(F)cc1. The van der Waals surface area contributed by atoms with Crippen LogP contribution in [0.25, 0.3) is 0 Å². The molecule has 0 bridgehead atoms. The van der Waals surface area contributed by atoms with Gasteiger partial charge in [-0.2, -0.15) is 0 Å². The summed E-state index contributed by atoms with van der Waals surface area (Å²) in [6, 6.07) is 10.4. The molecule has 2 aromatic rings.